The lowest BCUT2D eigenvalue weighted by atomic mass is 10.1. The van der Waals surface area contributed by atoms with Gasteiger partial charge >= 0.3 is 0 Å². The van der Waals surface area contributed by atoms with Crippen molar-refractivity contribution in [1.29, 1.82) is 0 Å². The maximum absolute atomic E-state index is 9.50. The van der Waals surface area contributed by atoms with Crippen LogP contribution < -0.4 is 5.73 Å². The zero-order valence-corrected chi connectivity index (χ0v) is 8.52. The van der Waals surface area contributed by atoms with E-state index >= 15 is 0 Å². The molecule has 1 aromatic carbocycles. The van der Waals surface area contributed by atoms with Crippen molar-refractivity contribution in [2.45, 2.75) is 6.04 Å². The maximum atomic E-state index is 9.50. The fraction of sp³-hybridized carbons (Fsp3) is 0.250. The Balaban J connectivity index is 3.07. The van der Waals surface area contributed by atoms with Crippen molar-refractivity contribution in [2.75, 3.05) is 6.61 Å². The highest BCUT2D eigenvalue weighted by Gasteiger charge is 2.10. The van der Waals surface area contributed by atoms with Crippen LogP contribution in [0.4, 0.5) is 0 Å². The Kier molecular flexibility index (Phi) is 3.30. The molecule has 0 heterocycles. The van der Waals surface area contributed by atoms with Crippen LogP contribution in [-0.2, 0) is 0 Å². The Morgan fingerprint density at radius 3 is 2.75 bits per heavy atom. The van der Waals surface area contributed by atoms with E-state index in [0.29, 0.717) is 5.56 Å². The number of aliphatic hydroxyl groups is 1. The highest BCUT2D eigenvalue weighted by atomic mass is 127. The predicted octanol–water partition coefficient (Wildman–Crippen LogP) is 0.989. The summed E-state index contributed by atoms with van der Waals surface area (Å²) in [6, 6.07) is 4.79. The van der Waals surface area contributed by atoms with Crippen LogP contribution in [0.1, 0.15) is 11.6 Å². The predicted molar refractivity (Wildman–Crippen MR) is 54.8 cm³/mol. The van der Waals surface area contributed by atoms with Gasteiger partial charge in [-0.2, -0.15) is 0 Å². The summed E-state index contributed by atoms with van der Waals surface area (Å²) in [5.74, 6) is 0.166. The number of nitrogens with two attached hydrogens (primary N) is 1. The second-order valence-electron chi connectivity index (χ2n) is 2.47. The molecule has 0 radical (unpaired) electrons. The summed E-state index contributed by atoms with van der Waals surface area (Å²) in [6.45, 7) is -0.159. The van der Waals surface area contributed by atoms with Crippen LogP contribution in [0, 0.1) is 3.57 Å². The number of phenolic OH excluding ortho intramolecular Hbond substituents is 1. The van der Waals surface area contributed by atoms with Crippen molar-refractivity contribution in [2.24, 2.45) is 5.73 Å². The van der Waals surface area contributed by atoms with Crippen LogP contribution in [0.25, 0.3) is 0 Å². The van der Waals surface area contributed by atoms with Crippen molar-refractivity contribution in [3.8, 4) is 5.75 Å². The van der Waals surface area contributed by atoms with Crippen LogP contribution in [0.15, 0.2) is 18.2 Å². The Hall–Kier alpha value is -0.330. The molecule has 0 spiro atoms. The van der Waals surface area contributed by atoms with E-state index in [1.165, 1.54) is 0 Å². The Morgan fingerprint density at radius 2 is 2.17 bits per heavy atom. The van der Waals surface area contributed by atoms with Crippen LogP contribution in [-0.4, -0.2) is 16.8 Å². The molecule has 4 N–H and O–H groups in total. The molecule has 0 aliphatic heterocycles. The number of hydrogen-bond donors (Lipinski definition) is 3. The van der Waals surface area contributed by atoms with E-state index in [1.54, 1.807) is 18.2 Å². The smallest absolute Gasteiger partial charge is 0.133 e. The zero-order valence-electron chi connectivity index (χ0n) is 6.37. The molecule has 12 heavy (non-hydrogen) atoms. The minimum atomic E-state index is -0.500. The molecule has 1 unspecified atom stereocenters. The summed E-state index contributed by atoms with van der Waals surface area (Å²) in [4.78, 5) is 0. The molecule has 0 bridgehead atoms. The molecular weight excluding hydrogens is 269 g/mol. The van der Waals surface area contributed by atoms with E-state index in [9.17, 15) is 5.11 Å². The molecule has 0 saturated carbocycles. The molecule has 1 rings (SSSR count). The van der Waals surface area contributed by atoms with Gasteiger partial charge in [0.15, 0.2) is 0 Å². The van der Waals surface area contributed by atoms with Gasteiger partial charge in [-0.1, -0.05) is 12.1 Å². The number of aromatic hydroxyl groups is 1. The van der Waals surface area contributed by atoms with Gasteiger partial charge in [0.25, 0.3) is 0 Å². The molecular formula is C8H10INO2. The number of aliphatic hydroxyl groups excluding tert-OH is 1. The van der Waals surface area contributed by atoms with Gasteiger partial charge < -0.3 is 15.9 Å². The standard InChI is InChI=1S/C8H10INO2/c9-6-3-1-2-5(8(6)12)7(10)4-11/h1-3,7,11-12H,4,10H2. The van der Waals surface area contributed by atoms with E-state index in [-0.39, 0.29) is 12.4 Å². The number of hydrogen-bond acceptors (Lipinski definition) is 3. The largest absolute Gasteiger partial charge is 0.506 e. The molecule has 0 fully saturated rings. The second kappa shape index (κ2) is 4.06. The Bertz CT molecular complexity index is 278. The zero-order chi connectivity index (χ0) is 9.14. The summed E-state index contributed by atoms with van der Waals surface area (Å²) in [5, 5.41) is 18.3. The van der Waals surface area contributed by atoms with Crippen molar-refractivity contribution in [3.05, 3.63) is 27.3 Å². The third-order valence-electron chi connectivity index (χ3n) is 1.61. The SMILES string of the molecule is NC(CO)c1cccc(I)c1O. The number of benzene rings is 1. The lowest BCUT2D eigenvalue weighted by molar-refractivity contribution is 0.265. The summed E-state index contributed by atoms with van der Waals surface area (Å²) in [6.07, 6.45) is 0. The van der Waals surface area contributed by atoms with Gasteiger partial charge in [0.05, 0.1) is 16.2 Å². The van der Waals surface area contributed by atoms with Crippen LogP contribution in [0.2, 0.25) is 0 Å². The van der Waals surface area contributed by atoms with E-state index in [4.69, 9.17) is 10.8 Å². The first-order valence-electron chi connectivity index (χ1n) is 3.50. The van der Waals surface area contributed by atoms with Gasteiger partial charge in [-0.05, 0) is 28.7 Å². The summed E-state index contributed by atoms with van der Waals surface area (Å²) in [7, 11) is 0. The first kappa shape index (κ1) is 9.76. The van der Waals surface area contributed by atoms with Crippen LogP contribution in [0.5, 0.6) is 5.75 Å². The molecule has 4 heteroatoms. The van der Waals surface area contributed by atoms with Gasteiger partial charge in [-0.25, -0.2) is 0 Å². The quantitative estimate of drug-likeness (QED) is 0.707. The Morgan fingerprint density at radius 1 is 1.50 bits per heavy atom. The van der Waals surface area contributed by atoms with Crippen LogP contribution >= 0.6 is 22.6 Å². The molecule has 0 aromatic heterocycles. The summed E-state index contributed by atoms with van der Waals surface area (Å²) < 4.78 is 0.744. The molecule has 1 atom stereocenters. The highest BCUT2D eigenvalue weighted by Crippen LogP contribution is 2.27. The van der Waals surface area contributed by atoms with E-state index in [0.717, 1.165) is 3.57 Å². The molecule has 0 aliphatic carbocycles. The van der Waals surface area contributed by atoms with Crippen molar-refractivity contribution in [1.82, 2.24) is 0 Å². The minimum Gasteiger partial charge on any atom is -0.506 e. The van der Waals surface area contributed by atoms with Gasteiger partial charge in [-0.3, -0.25) is 0 Å². The summed E-state index contributed by atoms with van der Waals surface area (Å²) >= 11 is 2.01. The number of rotatable bonds is 2. The molecule has 3 nitrogen and oxygen atoms in total. The Labute approximate surface area is 84.4 Å². The topological polar surface area (TPSA) is 66.5 Å². The summed E-state index contributed by atoms with van der Waals surface area (Å²) in [5.41, 5.74) is 6.14. The average molecular weight is 279 g/mol. The first-order valence-corrected chi connectivity index (χ1v) is 4.58. The highest BCUT2D eigenvalue weighted by molar-refractivity contribution is 14.1. The second-order valence-corrected chi connectivity index (χ2v) is 3.63. The van der Waals surface area contributed by atoms with E-state index < -0.39 is 6.04 Å². The fourth-order valence-electron chi connectivity index (χ4n) is 0.930. The van der Waals surface area contributed by atoms with E-state index in [1.807, 2.05) is 22.6 Å². The van der Waals surface area contributed by atoms with Crippen molar-refractivity contribution in [3.63, 3.8) is 0 Å². The van der Waals surface area contributed by atoms with Crippen molar-refractivity contribution < 1.29 is 10.2 Å². The average Bonchev–Trinajstić information content (AvgIpc) is 2.08. The normalized spacial score (nSPS) is 12.9. The molecule has 0 aliphatic rings. The van der Waals surface area contributed by atoms with Gasteiger partial charge in [-0.15, -0.1) is 0 Å². The third-order valence-corrected chi connectivity index (χ3v) is 2.48. The van der Waals surface area contributed by atoms with Gasteiger partial charge in [0.1, 0.15) is 5.75 Å². The van der Waals surface area contributed by atoms with E-state index in [2.05, 4.69) is 0 Å². The first-order chi connectivity index (χ1) is 5.66. The number of para-hydroxylation sites is 1. The third kappa shape index (κ3) is 1.88. The fourth-order valence-corrected chi connectivity index (χ4v) is 1.45. The minimum absolute atomic E-state index is 0.159. The van der Waals surface area contributed by atoms with Gasteiger partial charge in [0.2, 0.25) is 0 Å². The van der Waals surface area contributed by atoms with Crippen molar-refractivity contribution >= 4 is 22.6 Å². The van der Waals surface area contributed by atoms with Crippen LogP contribution in [0.3, 0.4) is 0 Å². The lowest BCUT2D eigenvalue weighted by Crippen LogP contribution is -2.14. The molecule has 0 saturated heterocycles. The number of phenols is 1. The molecule has 0 amide bonds. The number of halogens is 1. The lowest BCUT2D eigenvalue weighted by Gasteiger charge is -2.10. The maximum Gasteiger partial charge on any atom is 0.133 e. The monoisotopic (exact) mass is 279 g/mol. The molecule has 1 aromatic rings. The van der Waals surface area contributed by atoms with Gasteiger partial charge in [0, 0.05) is 5.56 Å². The molecule has 66 valence electrons.